The molecule has 9 heteroatoms. The zero-order valence-electron chi connectivity index (χ0n) is 14.4. The number of phenols is 1. The van der Waals surface area contributed by atoms with Crippen LogP contribution in [-0.2, 0) is 9.59 Å². The Kier molecular flexibility index (Phi) is 4.66. The average molecular weight is 398 g/mol. The molecule has 1 saturated heterocycles. The molecule has 3 amide bonds. The summed E-state index contributed by atoms with van der Waals surface area (Å²) in [5.74, 6) is 0.0778. The SMILES string of the molecule is O=C(CN1C(=O)S/C(=C/c2cccc(O)c2)C1=O)Nc1ccc2c(c1)OCO2. The van der Waals surface area contributed by atoms with Crippen molar-refractivity contribution in [2.75, 3.05) is 18.7 Å². The summed E-state index contributed by atoms with van der Waals surface area (Å²) >= 11 is 0.747. The first kappa shape index (κ1) is 17.9. The number of hydrogen-bond donors (Lipinski definition) is 2. The highest BCUT2D eigenvalue weighted by Gasteiger charge is 2.36. The molecule has 0 radical (unpaired) electrons. The molecule has 2 N–H and O–H groups in total. The van der Waals surface area contributed by atoms with Gasteiger partial charge in [-0.25, -0.2) is 0 Å². The van der Waals surface area contributed by atoms with Gasteiger partial charge in [0.05, 0.1) is 4.91 Å². The van der Waals surface area contributed by atoms with E-state index in [2.05, 4.69) is 5.32 Å². The van der Waals surface area contributed by atoms with E-state index in [0.717, 1.165) is 16.7 Å². The first-order chi connectivity index (χ1) is 13.5. The fourth-order valence-corrected chi connectivity index (χ4v) is 3.56. The monoisotopic (exact) mass is 398 g/mol. The highest BCUT2D eigenvalue weighted by Crippen LogP contribution is 2.35. The van der Waals surface area contributed by atoms with Crippen molar-refractivity contribution in [1.29, 1.82) is 0 Å². The van der Waals surface area contributed by atoms with E-state index < -0.39 is 23.6 Å². The Morgan fingerprint density at radius 2 is 2.00 bits per heavy atom. The van der Waals surface area contributed by atoms with Crippen LogP contribution in [-0.4, -0.2) is 40.4 Å². The van der Waals surface area contributed by atoms with E-state index in [-0.39, 0.29) is 17.4 Å². The number of rotatable bonds is 4. The average Bonchev–Trinajstić information content (AvgIpc) is 3.21. The van der Waals surface area contributed by atoms with E-state index in [9.17, 15) is 19.5 Å². The summed E-state index contributed by atoms with van der Waals surface area (Å²) in [6, 6.07) is 11.2. The van der Waals surface area contributed by atoms with Crippen LogP contribution >= 0.6 is 11.8 Å². The number of nitrogens with zero attached hydrogens (tertiary/aromatic N) is 1. The fourth-order valence-electron chi connectivity index (χ4n) is 2.72. The van der Waals surface area contributed by atoms with E-state index in [0.29, 0.717) is 22.7 Å². The number of ether oxygens (including phenoxy) is 2. The van der Waals surface area contributed by atoms with Gasteiger partial charge < -0.3 is 19.9 Å². The predicted molar refractivity (Wildman–Crippen MR) is 102 cm³/mol. The number of fused-ring (bicyclic) bond motifs is 1. The first-order valence-corrected chi connectivity index (χ1v) is 9.05. The number of thioether (sulfide) groups is 1. The van der Waals surface area contributed by atoms with Crippen molar-refractivity contribution < 1.29 is 29.0 Å². The molecule has 2 aliphatic heterocycles. The minimum absolute atomic E-state index is 0.0519. The molecule has 28 heavy (non-hydrogen) atoms. The van der Waals surface area contributed by atoms with Crippen molar-refractivity contribution in [3.8, 4) is 17.2 Å². The first-order valence-electron chi connectivity index (χ1n) is 8.23. The lowest BCUT2D eigenvalue weighted by Gasteiger charge is -2.12. The quantitative estimate of drug-likeness (QED) is 0.763. The van der Waals surface area contributed by atoms with Crippen molar-refractivity contribution in [2.24, 2.45) is 0 Å². The maximum Gasteiger partial charge on any atom is 0.294 e. The minimum Gasteiger partial charge on any atom is -0.508 e. The van der Waals surface area contributed by atoms with Crippen molar-refractivity contribution >= 4 is 40.6 Å². The van der Waals surface area contributed by atoms with Gasteiger partial charge in [0.2, 0.25) is 12.7 Å². The lowest BCUT2D eigenvalue weighted by molar-refractivity contribution is -0.127. The number of benzene rings is 2. The van der Waals surface area contributed by atoms with E-state index in [1.54, 1.807) is 30.3 Å². The zero-order valence-corrected chi connectivity index (χ0v) is 15.2. The van der Waals surface area contributed by atoms with Crippen LogP contribution in [0.3, 0.4) is 0 Å². The van der Waals surface area contributed by atoms with Gasteiger partial charge in [-0.2, -0.15) is 0 Å². The van der Waals surface area contributed by atoms with Gasteiger partial charge in [-0.05, 0) is 47.7 Å². The van der Waals surface area contributed by atoms with Crippen LogP contribution in [0.4, 0.5) is 10.5 Å². The van der Waals surface area contributed by atoms with Crippen molar-refractivity contribution in [3.05, 3.63) is 52.9 Å². The Bertz CT molecular complexity index is 1020. The molecular formula is C19H14N2O6S. The van der Waals surface area contributed by atoms with Gasteiger partial charge in [-0.3, -0.25) is 19.3 Å². The van der Waals surface area contributed by atoms with Gasteiger partial charge in [-0.1, -0.05) is 12.1 Å². The van der Waals surface area contributed by atoms with E-state index in [4.69, 9.17) is 9.47 Å². The summed E-state index contributed by atoms with van der Waals surface area (Å²) in [5, 5.41) is 11.6. The molecule has 2 aromatic rings. The van der Waals surface area contributed by atoms with Gasteiger partial charge in [0, 0.05) is 11.8 Å². The number of nitrogens with one attached hydrogen (secondary N) is 1. The molecule has 142 valence electrons. The van der Waals surface area contributed by atoms with Crippen LogP contribution in [0.5, 0.6) is 17.2 Å². The number of carbonyl (C=O) groups is 3. The summed E-state index contributed by atoms with van der Waals surface area (Å²) in [5.41, 5.74) is 1.05. The lowest BCUT2D eigenvalue weighted by atomic mass is 10.2. The normalized spacial score (nSPS) is 16.7. The maximum atomic E-state index is 12.5. The summed E-state index contributed by atoms with van der Waals surface area (Å²) in [4.78, 5) is 38.0. The maximum absolute atomic E-state index is 12.5. The Labute approximate surface area is 163 Å². The third kappa shape index (κ3) is 3.65. The molecule has 0 aromatic heterocycles. The number of anilines is 1. The molecule has 0 atom stereocenters. The number of carbonyl (C=O) groups excluding carboxylic acids is 3. The third-order valence-electron chi connectivity index (χ3n) is 4.00. The van der Waals surface area contributed by atoms with E-state index in [1.807, 2.05) is 0 Å². The number of aromatic hydroxyl groups is 1. The van der Waals surface area contributed by atoms with Gasteiger partial charge in [-0.15, -0.1) is 0 Å². The number of amides is 3. The fraction of sp³-hybridized carbons (Fsp3) is 0.105. The van der Waals surface area contributed by atoms with Crippen molar-refractivity contribution in [3.63, 3.8) is 0 Å². The molecule has 1 fully saturated rings. The molecule has 0 spiro atoms. The van der Waals surface area contributed by atoms with Gasteiger partial charge in [0.25, 0.3) is 11.1 Å². The second-order valence-corrected chi connectivity index (χ2v) is 6.97. The summed E-state index contributed by atoms with van der Waals surface area (Å²) < 4.78 is 10.5. The number of imide groups is 1. The summed E-state index contributed by atoms with van der Waals surface area (Å²) in [6.45, 7) is -0.286. The van der Waals surface area contributed by atoms with Gasteiger partial charge in [0.1, 0.15) is 12.3 Å². The molecule has 0 aliphatic carbocycles. The Morgan fingerprint density at radius 3 is 2.82 bits per heavy atom. The molecule has 0 saturated carbocycles. The molecule has 2 aromatic carbocycles. The Hall–Kier alpha value is -3.46. The van der Waals surface area contributed by atoms with Crippen LogP contribution in [0.15, 0.2) is 47.4 Å². The third-order valence-corrected chi connectivity index (χ3v) is 4.91. The van der Waals surface area contributed by atoms with Crippen molar-refractivity contribution in [1.82, 2.24) is 4.90 Å². The largest absolute Gasteiger partial charge is 0.508 e. The van der Waals surface area contributed by atoms with Crippen LogP contribution < -0.4 is 14.8 Å². The highest BCUT2D eigenvalue weighted by atomic mass is 32.2. The van der Waals surface area contributed by atoms with Crippen molar-refractivity contribution in [2.45, 2.75) is 0 Å². The second-order valence-electron chi connectivity index (χ2n) is 5.98. The van der Waals surface area contributed by atoms with Crippen LogP contribution in [0, 0.1) is 0 Å². The smallest absolute Gasteiger partial charge is 0.294 e. The van der Waals surface area contributed by atoms with Gasteiger partial charge >= 0.3 is 0 Å². The lowest BCUT2D eigenvalue weighted by Crippen LogP contribution is -2.36. The molecule has 4 rings (SSSR count). The molecule has 8 nitrogen and oxygen atoms in total. The minimum atomic E-state index is -0.556. The predicted octanol–water partition coefficient (Wildman–Crippen LogP) is 2.80. The summed E-state index contributed by atoms with van der Waals surface area (Å²) in [7, 11) is 0. The number of hydrogen-bond acceptors (Lipinski definition) is 7. The van der Waals surface area contributed by atoms with E-state index >= 15 is 0 Å². The summed E-state index contributed by atoms with van der Waals surface area (Å²) in [6.07, 6.45) is 1.50. The Balaban J connectivity index is 1.43. The highest BCUT2D eigenvalue weighted by molar-refractivity contribution is 8.18. The molecule has 2 heterocycles. The standard InChI is InChI=1S/C19H14N2O6S/c22-13-3-1-2-11(6-13)7-16-18(24)21(19(25)28-16)9-17(23)20-12-4-5-14-15(8-12)27-10-26-14/h1-8,22H,9-10H2,(H,20,23)/b16-7+. The molecular weight excluding hydrogens is 384 g/mol. The zero-order chi connectivity index (χ0) is 19.7. The van der Waals surface area contributed by atoms with Gasteiger partial charge in [0.15, 0.2) is 11.5 Å². The molecule has 0 bridgehead atoms. The molecule has 0 unspecified atom stereocenters. The topological polar surface area (TPSA) is 105 Å². The Morgan fingerprint density at radius 1 is 1.18 bits per heavy atom. The van der Waals surface area contributed by atoms with Crippen LogP contribution in [0.2, 0.25) is 0 Å². The van der Waals surface area contributed by atoms with Crippen LogP contribution in [0.1, 0.15) is 5.56 Å². The number of phenolic OH excluding ortho intramolecular Hbond substituents is 1. The van der Waals surface area contributed by atoms with E-state index in [1.165, 1.54) is 18.2 Å². The van der Waals surface area contributed by atoms with Crippen LogP contribution in [0.25, 0.3) is 6.08 Å². The second kappa shape index (κ2) is 7.28. The molecule has 2 aliphatic rings.